The highest BCUT2D eigenvalue weighted by molar-refractivity contribution is 5.71. The Kier molecular flexibility index (Phi) is 23.6. The van der Waals surface area contributed by atoms with Gasteiger partial charge >= 0.3 is 11.9 Å². The Hall–Kier alpha value is -3.44. The van der Waals surface area contributed by atoms with E-state index in [2.05, 4.69) is 0 Å². The van der Waals surface area contributed by atoms with Gasteiger partial charge in [0.15, 0.2) is 12.1 Å². The van der Waals surface area contributed by atoms with Crippen molar-refractivity contribution in [3.8, 4) is 0 Å². The number of ether oxygens (including phenoxy) is 4. The number of rotatable bonds is 3. The van der Waals surface area contributed by atoms with Crippen molar-refractivity contribution in [1.29, 1.82) is 0 Å². The minimum Gasteiger partial charge on any atom is -0.481 e. The third-order valence-corrected chi connectivity index (χ3v) is 12.0. The molecule has 0 aromatic carbocycles. The maximum atomic E-state index is 12.6. The molecule has 2 unspecified atom stereocenters. The van der Waals surface area contributed by atoms with Crippen LogP contribution >= 0.6 is 0 Å². The molecule has 2 bridgehead atoms. The largest absolute Gasteiger partial charge is 0.481 e. The molecule has 0 aromatic heterocycles. The molecule has 0 radical (unpaired) electrons. The molecule has 3 rings (SSSR count). The highest BCUT2D eigenvalue weighted by Crippen LogP contribution is 2.38. The maximum absolute atomic E-state index is 12.6. The smallest absolute Gasteiger partial charge is 0.311 e. The van der Waals surface area contributed by atoms with Gasteiger partial charge in [-0.05, 0) is 33.1 Å². The number of carbonyl (C=O) groups excluding carboxylic acids is 1. The first kappa shape index (κ1) is 55.9. The van der Waals surface area contributed by atoms with Gasteiger partial charge in [0, 0.05) is 37.5 Å². The molecular weight excluding hydrogens is 851 g/mol. The van der Waals surface area contributed by atoms with Crippen LogP contribution in [0.2, 0.25) is 0 Å². The van der Waals surface area contributed by atoms with Gasteiger partial charge in [0.25, 0.3) is 0 Å². The number of fused-ring (bicyclic) bond motifs is 2. The fraction of sp³-hybridized carbons (Fsp3) is 0.660. The number of esters is 1. The zero-order chi connectivity index (χ0) is 48.4. The van der Waals surface area contributed by atoms with Crippen LogP contribution < -0.4 is 5.73 Å². The first-order valence-electron chi connectivity index (χ1n) is 22.3. The van der Waals surface area contributed by atoms with Crippen LogP contribution in [-0.4, -0.2) is 166 Å². The van der Waals surface area contributed by atoms with E-state index < -0.39 is 147 Å². The summed E-state index contributed by atoms with van der Waals surface area (Å²) < 4.78 is 23.1. The zero-order valence-electron chi connectivity index (χ0n) is 37.6. The zero-order valence-corrected chi connectivity index (χ0v) is 37.6. The molecule has 13 N–H and O–H groups in total. The summed E-state index contributed by atoms with van der Waals surface area (Å²) in [6, 6.07) is -1.15. The van der Waals surface area contributed by atoms with Gasteiger partial charge in [0.05, 0.1) is 79.6 Å². The lowest BCUT2D eigenvalue weighted by molar-refractivity contribution is -0.308. The molecule has 0 amide bonds. The van der Waals surface area contributed by atoms with Crippen LogP contribution in [0.15, 0.2) is 85.1 Å². The quantitative estimate of drug-likeness (QED) is 0.174. The van der Waals surface area contributed by atoms with Gasteiger partial charge in [0.2, 0.25) is 0 Å². The van der Waals surface area contributed by atoms with Gasteiger partial charge < -0.3 is 80.9 Å². The van der Waals surface area contributed by atoms with Crippen LogP contribution in [0.4, 0.5) is 0 Å². The summed E-state index contributed by atoms with van der Waals surface area (Å²) >= 11 is 0. The molecule has 0 aliphatic carbocycles. The fourth-order valence-corrected chi connectivity index (χ4v) is 7.97. The summed E-state index contributed by atoms with van der Waals surface area (Å²) in [6.07, 6.45) is 3.46. The van der Waals surface area contributed by atoms with Crippen LogP contribution in [0.25, 0.3) is 0 Å². The van der Waals surface area contributed by atoms with E-state index in [1.807, 2.05) is 19.1 Å². The van der Waals surface area contributed by atoms with Crippen molar-refractivity contribution in [1.82, 2.24) is 0 Å². The Bertz CT molecular complexity index is 1670. The predicted molar refractivity (Wildman–Crippen MR) is 237 cm³/mol. The second-order valence-corrected chi connectivity index (χ2v) is 17.6. The fourth-order valence-electron chi connectivity index (χ4n) is 7.97. The van der Waals surface area contributed by atoms with E-state index in [9.17, 15) is 65.8 Å². The van der Waals surface area contributed by atoms with E-state index in [1.54, 1.807) is 80.7 Å². The van der Waals surface area contributed by atoms with Gasteiger partial charge in [-0.25, -0.2) is 0 Å². The van der Waals surface area contributed by atoms with Crippen molar-refractivity contribution >= 4 is 11.9 Å². The molecule has 0 saturated carbocycles. The van der Waals surface area contributed by atoms with Gasteiger partial charge in [-0.1, -0.05) is 98.9 Å². The highest BCUT2D eigenvalue weighted by atomic mass is 16.7. The third-order valence-electron chi connectivity index (χ3n) is 12.0. The minimum atomic E-state index is -2.33. The number of nitrogens with two attached hydrogens (primary N) is 1. The highest BCUT2D eigenvalue weighted by Gasteiger charge is 2.51. The second kappa shape index (κ2) is 27.4. The van der Waals surface area contributed by atoms with E-state index in [0.29, 0.717) is 0 Å². The standard InChI is InChI=1S/C47H73NO17/c1-27-17-15-13-11-9-7-5-6-8-10-12-14-16-18-34(64-46-44(58)41(48)43(57)30(4)63-46)24-38-40(45(59)60)37(54)26-47(61,65-38)25-33(51)22-36(53)35(52)20-19-31(49)21-32(50)23-39(55)62-29(3)28(2)42(27)56/h5-18,27-38,40-44,46,49-54,56-58,61H,19-26,48H2,1-4H3,(H,59,60)/b6-5+,9-7+,10-8+,13-11+,14-12+,17-15+,18-16+/t27-,28-,29-,30+,31+,32+,33-,34-,35?,36+,37-,38-,40+,41-,42+,43+,44-,46-,47?/m0/s1. The number of hydrogen-bond donors (Lipinski definition) is 12. The van der Waals surface area contributed by atoms with Gasteiger partial charge in [-0.2, -0.15) is 0 Å². The first-order chi connectivity index (χ1) is 30.6. The Balaban J connectivity index is 1.86. The molecule has 18 heteroatoms. The van der Waals surface area contributed by atoms with Crippen molar-refractivity contribution in [2.45, 2.75) is 177 Å². The number of aliphatic hydroxyl groups excluding tert-OH is 9. The van der Waals surface area contributed by atoms with Crippen molar-refractivity contribution < 1.29 is 84.7 Å². The second-order valence-electron chi connectivity index (χ2n) is 17.6. The van der Waals surface area contributed by atoms with E-state index in [1.165, 1.54) is 13.0 Å². The van der Waals surface area contributed by atoms with Crippen LogP contribution in [0.3, 0.4) is 0 Å². The summed E-state index contributed by atoms with van der Waals surface area (Å²) in [7, 11) is 0. The molecule has 2 saturated heterocycles. The van der Waals surface area contributed by atoms with Gasteiger partial charge in [-0.3, -0.25) is 9.59 Å². The number of allylic oxidation sites excluding steroid dienone is 12. The van der Waals surface area contributed by atoms with E-state index >= 15 is 0 Å². The molecule has 2 fully saturated rings. The predicted octanol–water partition coefficient (Wildman–Crippen LogP) is 0.712. The average molecular weight is 924 g/mol. The third kappa shape index (κ3) is 18.6. The number of carbonyl (C=O) groups is 2. The number of hydrogen-bond acceptors (Lipinski definition) is 17. The Morgan fingerprint density at radius 3 is 1.82 bits per heavy atom. The summed E-state index contributed by atoms with van der Waals surface area (Å²) in [6.45, 7) is 6.74. The summed E-state index contributed by atoms with van der Waals surface area (Å²) in [4.78, 5) is 25.1. The minimum absolute atomic E-state index is 0.107. The van der Waals surface area contributed by atoms with E-state index in [4.69, 9.17) is 24.7 Å². The van der Waals surface area contributed by atoms with E-state index in [0.717, 1.165) is 0 Å². The summed E-state index contributed by atoms with van der Waals surface area (Å²) in [5.41, 5.74) is 6.02. The molecular formula is C47H73NO17. The molecule has 0 aromatic rings. The lowest BCUT2D eigenvalue weighted by Gasteiger charge is -2.45. The lowest BCUT2D eigenvalue weighted by atomic mass is 9.82. The van der Waals surface area contributed by atoms with Crippen LogP contribution in [0, 0.1) is 17.8 Å². The number of aliphatic hydroxyl groups is 10. The lowest BCUT2D eigenvalue weighted by Crippen LogP contribution is -2.61. The molecule has 0 spiro atoms. The van der Waals surface area contributed by atoms with Crippen LogP contribution in [-0.2, 0) is 28.5 Å². The Labute approximate surface area is 381 Å². The molecule has 18 nitrogen and oxygen atoms in total. The SMILES string of the molecule is C[C@@H]1[C@H](O)[C@@H](C)/C=C/C=C/C=C/C=C/C=C/C=C/C=C/[C@H](O[C@@H]2O[C@H](C)[C@@H](O)[C@H](N)[C@@H]2O)C[C@@H]2OC(O)(C[C@@H](O)C[C@@H](O)C(O)CC[C@@H](O)C[C@@H](O)CC(=O)O[C@H]1C)C[C@H](O)[C@H]2C(=O)O. The van der Waals surface area contributed by atoms with Gasteiger partial charge in [0.1, 0.15) is 18.1 Å². The van der Waals surface area contributed by atoms with E-state index in [-0.39, 0.29) is 31.6 Å². The van der Waals surface area contributed by atoms with Crippen molar-refractivity contribution in [3.05, 3.63) is 85.1 Å². The number of cyclic esters (lactones) is 1. The number of carboxylic acids is 1. The Morgan fingerprint density at radius 2 is 1.23 bits per heavy atom. The van der Waals surface area contributed by atoms with Crippen molar-refractivity contribution in [3.63, 3.8) is 0 Å². The number of aliphatic carboxylic acids is 1. The summed E-state index contributed by atoms with van der Waals surface area (Å²) in [5, 5.41) is 118. The maximum Gasteiger partial charge on any atom is 0.311 e. The van der Waals surface area contributed by atoms with Crippen molar-refractivity contribution in [2.75, 3.05) is 0 Å². The Morgan fingerprint density at radius 1 is 0.662 bits per heavy atom. The topological polar surface area (TPSA) is 320 Å². The van der Waals surface area contributed by atoms with Gasteiger partial charge in [-0.15, -0.1) is 0 Å². The first-order valence-corrected chi connectivity index (χ1v) is 22.3. The monoisotopic (exact) mass is 923 g/mol. The molecule has 368 valence electrons. The molecule has 19 atom stereocenters. The average Bonchev–Trinajstić information content (AvgIpc) is 3.21. The summed E-state index contributed by atoms with van der Waals surface area (Å²) in [5.74, 6) is -6.83. The normalized spacial score (nSPS) is 45.5. The van der Waals surface area contributed by atoms with Crippen molar-refractivity contribution in [2.24, 2.45) is 23.5 Å². The molecule has 3 heterocycles. The van der Waals surface area contributed by atoms with Crippen LogP contribution in [0.1, 0.15) is 79.1 Å². The number of carboxylic acid groups (broad SMARTS) is 1. The molecule has 3 aliphatic heterocycles. The molecule has 3 aliphatic rings. The molecule has 65 heavy (non-hydrogen) atoms. The van der Waals surface area contributed by atoms with Crippen LogP contribution in [0.5, 0.6) is 0 Å².